The molecule has 0 atom stereocenters. The van der Waals surface area contributed by atoms with Gasteiger partial charge in [-0.05, 0) is 43.4 Å². The molecule has 7 nitrogen and oxygen atoms in total. The van der Waals surface area contributed by atoms with Crippen LogP contribution in [0.1, 0.15) is 25.3 Å². The van der Waals surface area contributed by atoms with Crippen molar-refractivity contribution in [3.05, 3.63) is 29.8 Å². The summed E-state index contributed by atoms with van der Waals surface area (Å²) in [6.45, 7) is 5.40. The standard InChI is InChI=1S/C19H32N4O3S/c1-5-26-18-8-6-17(7-9-18)15-22(3)19(20-2)21-14-16-10-12-23(13-11-16)27(4,24)25/h6-9,16H,5,10-15H2,1-4H3,(H,20,21). The van der Waals surface area contributed by atoms with Crippen LogP contribution in [0.3, 0.4) is 0 Å². The van der Waals surface area contributed by atoms with Crippen molar-refractivity contribution in [2.75, 3.05) is 46.6 Å². The lowest BCUT2D eigenvalue weighted by atomic mass is 9.98. The fraction of sp³-hybridized carbons (Fsp3) is 0.632. The summed E-state index contributed by atoms with van der Waals surface area (Å²) in [7, 11) is 0.725. The Morgan fingerprint density at radius 1 is 1.30 bits per heavy atom. The van der Waals surface area contributed by atoms with E-state index in [0.717, 1.165) is 37.6 Å². The van der Waals surface area contributed by atoms with E-state index in [2.05, 4.69) is 27.3 Å². The van der Waals surface area contributed by atoms with Gasteiger partial charge in [0.05, 0.1) is 12.9 Å². The maximum absolute atomic E-state index is 11.6. The van der Waals surface area contributed by atoms with Crippen LogP contribution in [0.2, 0.25) is 0 Å². The number of sulfonamides is 1. The molecule has 1 aliphatic rings. The third-order valence-corrected chi connectivity index (χ3v) is 6.12. The molecule has 1 aromatic carbocycles. The molecule has 0 saturated carbocycles. The number of benzene rings is 1. The van der Waals surface area contributed by atoms with Gasteiger partial charge in [0, 0.05) is 40.3 Å². The molecule has 0 spiro atoms. The van der Waals surface area contributed by atoms with Crippen LogP contribution in [-0.4, -0.2) is 70.2 Å². The van der Waals surface area contributed by atoms with Gasteiger partial charge in [0.15, 0.2) is 5.96 Å². The number of hydrogen-bond donors (Lipinski definition) is 1. The van der Waals surface area contributed by atoms with Crippen molar-refractivity contribution in [3.63, 3.8) is 0 Å². The number of hydrogen-bond acceptors (Lipinski definition) is 4. The smallest absolute Gasteiger partial charge is 0.211 e. The molecule has 152 valence electrons. The summed E-state index contributed by atoms with van der Waals surface area (Å²) < 4.78 is 30.2. The van der Waals surface area contributed by atoms with E-state index < -0.39 is 10.0 Å². The van der Waals surface area contributed by atoms with E-state index in [1.54, 1.807) is 11.4 Å². The molecule has 1 heterocycles. The van der Waals surface area contributed by atoms with Gasteiger partial charge < -0.3 is 15.0 Å². The fourth-order valence-electron chi connectivity index (χ4n) is 3.27. The molecule has 0 aliphatic carbocycles. The quantitative estimate of drug-likeness (QED) is 0.562. The summed E-state index contributed by atoms with van der Waals surface area (Å²) in [4.78, 5) is 6.45. The minimum absolute atomic E-state index is 0.457. The van der Waals surface area contributed by atoms with Gasteiger partial charge in [0.2, 0.25) is 10.0 Å². The molecule has 1 aliphatic heterocycles. The summed E-state index contributed by atoms with van der Waals surface area (Å²) >= 11 is 0. The Morgan fingerprint density at radius 2 is 1.93 bits per heavy atom. The molecule has 27 heavy (non-hydrogen) atoms. The van der Waals surface area contributed by atoms with Crippen molar-refractivity contribution in [1.29, 1.82) is 0 Å². The second kappa shape index (κ2) is 9.94. The van der Waals surface area contributed by atoms with Crippen molar-refractivity contribution in [1.82, 2.24) is 14.5 Å². The molecule has 0 unspecified atom stereocenters. The van der Waals surface area contributed by atoms with E-state index in [1.165, 1.54) is 11.8 Å². The summed E-state index contributed by atoms with van der Waals surface area (Å²) in [6, 6.07) is 8.10. The highest BCUT2D eigenvalue weighted by Crippen LogP contribution is 2.18. The SMILES string of the molecule is CCOc1ccc(CN(C)C(=NC)NCC2CCN(S(C)(=O)=O)CC2)cc1. The third kappa shape index (κ3) is 6.70. The predicted octanol–water partition coefficient (Wildman–Crippen LogP) is 1.76. The Morgan fingerprint density at radius 3 is 2.44 bits per heavy atom. The number of nitrogens with one attached hydrogen (secondary N) is 1. The minimum atomic E-state index is -3.07. The number of aliphatic imine (C=N–C) groups is 1. The van der Waals surface area contributed by atoms with Gasteiger partial charge in [-0.2, -0.15) is 0 Å². The van der Waals surface area contributed by atoms with Gasteiger partial charge in [0.1, 0.15) is 5.75 Å². The second-order valence-electron chi connectivity index (χ2n) is 6.97. The van der Waals surface area contributed by atoms with Crippen LogP contribution < -0.4 is 10.1 Å². The van der Waals surface area contributed by atoms with Crippen LogP contribution >= 0.6 is 0 Å². The highest BCUT2D eigenvalue weighted by molar-refractivity contribution is 7.88. The second-order valence-corrected chi connectivity index (χ2v) is 8.95. The average Bonchev–Trinajstić information content (AvgIpc) is 2.64. The van der Waals surface area contributed by atoms with Gasteiger partial charge in [-0.1, -0.05) is 12.1 Å². The zero-order chi connectivity index (χ0) is 19.9. The van der Waals surface area contributed by atoms with Gasteiger partial charge in [-0.25, -0.2) is 12.7 Å². The van der Waals surface area contributed by atoms with Gasteiger partial charge in [-0.15, -0.1) is 0 Å². The number of rotatable bonds is 7. The van der Waals surface area contributed by atoms with Crippen molar-refractivity contribution in [3.8, 4) is 5.75 Å². The van der Waals surface area contributed by atoms with Crippen molar-refractivity contribution in [2.24, 2.45) is 10.9 Å². The highest BCUT2D eigenvalue weighted by atomic mass is 32.2. The molecule has 1 fully saturated rings. The van der Waals surface area contributed by atoms with E-state index in [0.29, 0.717) is 25.6 Å². The lowest BCUT2D eigenvalue weighted by molar-refractivity contribution is 0.273. The topological polar surface area (TPSA) is 74.2 Å². The van der Waals surface area contributed by atoms with Crippen LogP contribution in [0.15, 0.2) is 29.3 Å². The maximum Gasteiger partial charge on any atom is 0.211 e. The van der Waals surface area contributed by atoms with Crippen LogP contribution in [-0.2, 0) is 16.6 Å². The summed E-state index contributed by atoms with van der Waals surface area (Å²) in [5, 5.41) is 3.43. The van der Waals surface area contributed by atoms with Crippen molar-refractivity contribution >= 4 is 16.0 Å². The van der Waals surface area contributed by atoms with Crippen LogP contribution in [0.25, 0.3) is 0 Å². The number of piperidine rings is 1. The Bertz CT molecular complexity index is 711. The fourth-order valence-corrected chi connectivity index (χ4v) is 4.15. The largest absolute Gasteiger partial charge is 0.494 e. The first-order chi connectivity index (χ1) is 12.8. The minimum Gasteiger partial charge on any atom is -0.494 e. The third-order valence-electron chi connectivity index (χ3n) is 4.82. The molecular weight excluding hydrogens is 364 g/mol. The summed E-state index contributed by atoms with van der Waals surface area (Å²) in [6.07, 6.45) is 3.03. The molecule has 1 N–H and O–H groups in total. The molecule has 0 radical (unpaired) electrons. The zero-order valence-electron chi connectivity index (χ0n) is 16.8. The predicted molar refractivity (Wildman–Crippen MR) is 110 cm³/mol. The van der Waals surface area contributed by atoms with Gasteiger partial charge >= 0.3 is 0 Å². The van der Waals surface area contributed by atoms with Crippen molar-refractivity contribution in [2.45, 2.75) is 26.3 Å². The first kappa shape index (κ1) is 21.5. The van der Waals surface area contributed by atoms with Crippen LogP contribution in [0.4, 0.5) is 0 Å². The Kier molecular flexibility index (Phi) is 7.91. The molecule has 2 rings (SSSR count). The molecule has 1 aromatic rings. The summed E-state index contributed by atoms with van der Waals surface area (Å²) in [5.74, 6) is 2.18. The van der Waals surface area contributed by atoms with E-state index >= 15 is 0 Å². The van der Waals surface area contributed by atoms with Crippen LogP contribution in [0.5, 0.6) is 5.75 Å². The molecule has 8 heteroatoms. The number of nitrogens with zero attached hydrogens (tertiary/aromatic N) is 3. The van der Waals surface area contributed by atoms with E-state index in [9.17, 15) is 8.42 Å². The number of guanidine groups is 1. The normalized spacial score (nSPS) is 17.0. The van der Waals surface area contributed by atoms with E-state index in [1.807, 2.05) is 26.1 Å². The molecule has 0 amide bonds. The Hall–Kier alpha value is -1.80. The molecule has 1 saturated heterocycles. The first-order valence-corrected chi connectivity index (χ1v) is 11.3. The maximum atomic E-state index is 11.6. The van der Waals surface area contributed by atoms with Crippen molar-refractivity contribution < 1.29 is 13.2 Å². The number of ether oxygens (including phenoxy) is 1. The Labute approximate surface area is 163 Å². The monoisotopic (exact) mass is 396 g/mol. The molecule has 0 bridgehead atoms. The average molecular weight is 397 g/mol. The van der Waals surface area contributed by atoms with Gasteiger partial charge in [-0.3, -0.25) is 4.99 Å². The molecule has 0 aromatic heterocycles. The first-order valence-electron chi connectivity index (χ1n) is 9.42. The van der Waals surface area contributed by atoms with Gasteiger partial charge in [0.25, 0.3) is 0 Å². The lowest BCUT2D eigenvalue weighted by Crippen LogP contribution is -2.44. The lowest BCUT2D eigenvalue weighted by Gasteiger charge is -2.31. The zero-order valence-corrected chi connectivity index (χ0v) is 17.6. The molecular formula is C19H32N4O3S. The van der Waals surface area contributed by atoms with E-state index in [4.69, 9.17) is 4.74 Å². The van der Waals surface area contributed by atoms with E-state index in [-0.39, 0.29) is 0 Å². The Balaban J connectivity index is 1.81. The highest BCUT2D eigenvalue weighted by Gasteiger charge is 2.25. The summed E-state index contributed by atoms with van der Waals surface area (Å²) in [5.41, 5.74) is 1.19. The van der Waals surface area contributed by atoms with Crippen LogP contribution in [0, 0.1) is 5.92 Å².